The molecule has 0 atom stereocenters. The van der Waals surface area contributed by atoms with Crippen LogP contribution < -0.4 is 10.8 Å². The van der Waals surface area contributed by atoms with Crippen molar-refractivity contribution in [2.75, 3.05) is 26.2 Å². The van der Waals surface area contributed by atoms with E-state index in [1.807, 2.05) is 0 Å². The first kappa shape index (κ1) is 19.6. The molecule has 6 heteroatoms. The molecule has 1 aromatic rings. The van der Waals surface area contributed by atoms with Crippen LogP contribution in [0.3, 0.4) is 0 Å². The highest BCUT2D eigenvalue weighted by atomic mass is 127. The summed E-state index contributed by atoms with van der Waals surface area (Å²) in [5.74, 6) is 0. The van der Waals surface area contributed by atoms with Gasteiger partial charge in [0.15, 0.2) is 0 Å². The van der Waals surface area contributed by atoms with Crippen molar-refractivity contribution in [3.63, 3.8) is 0 Å². The first-order valence-corrected chi connectivity index (χ1v) is 10.3. The monoisotopic (exact) mass is 456 g/mol. The van der Waals surface area contributed by atoms with Gasteiger partial charge in [0, 0.05) is 36.3 Å². The molecule has 1 N–H and O–H groups in total. The molecule has 0 amide bonds. The molecule has 0 aliphatic carbocycles. The predicted octanol–water partition coefficient (Wildman–Crippen LogP) is 2.61. The highest BCUT2D eigenvalue weighted by Crippen LogP contribution is 2.37. The number of nitrogens with zero attached hydrogens (tertiary/aromatic N) is 1. The topological polar surface area (TPSA) is 33.7 Å². The Kier molecular flexibility index (Phi) is 5.58. The average molecular weight is 456 g/mol. The zero-order valence-electron chi connectivity index (χ0n) is 16.3. The lowest BCUT2D eigenvalue weighted by molar-refractivity contribution is 0.00578. The fourth-order valence-corrected chi connectivity index (χ4v) is 4.21. The molecule has 0 spiro atoms. The number of halogens is 1. The van der Waals surface area contributed by atoms with E-state index in [4.69, 9.17) is 9.31 Å². The Hall–Kier alpha value is -0.145. The molecule has 0 radical (unpaired) electrons. The van der Waals surface area contributed by atoms with Gasteiger partial charge in [0.1, 0.15) is 0 Å². The van der Waals surface area contributed by atoms with Gasteiger partial charge in [0.05, 0.1) is 11.2 Å². The van der Waals surface area contributed by atoms with Gasteiger partial charge in [-0.2, -0.15) is 0 Å². The van der Waals surface area contributed by atoms with Crippen molar-refractivity contribution in [2.24, 2.45) is 0 Å². The van der Waals surface area contributed by atoms with Gasteiger partial charge >= 0.3 is 7.12 Å². The Balaban J connectivity index is 1.94. The van der Waals surface area contributed by atoms with Crippen molar-refractivity contribution in [3.8, 4) is 0 Å². The molecule has 2 aliphatic rings. The minimum absolute atomic E-state index is 0.290. The van der Waals surface area contributed by atoms with E-state index < -0.39 is 0 Å². The van der Waals surface area contributed by atoms with Gasteiger partial charge in [0.25, 0.3) is 0 Å². The lowest BCUT2D eigenvalue weighted by Crippen LogP contribution is -2.44. The normalized spacial score (nSPS) is 23.2. The first-order valence-electron chi connectivity index (χ1n) is 9.19. The largest absolute Gasteiger partial charge is 0.495 e. The van der Waals surface area contributed by atoms with Crippen molar-refractivity contribution in [1.29, 1.82) is 0 Å². The van der Waals surface area contributed by atoms with Gasteiger partial charge < -0.3 is 14.6 Å². The Morgan fingerprint density at radius 2 is 1.64 bits per heavy atom. The number of hydrogen-bond acceptors (Lipinski definition) is 4. The summed E-state index contributed by atoms with van der Waals surface area (Å²) in [6.45, 7) is 18.2. The molecule has 138 valence electrons. The van der Waals surface area contributed by atoms with E-state index >= 15 is 0 Å². The number of piperazine rings is 1. The molecular weight excluding hydrogens is 426 g/mol. The molecule has 2 heterocycles. The second-order valence-electron chi connectivity index (χ2n) is 8.30. The van der Waals surface area contributed by atoms with E-state index in [1.165, 1.54) is 25.7 Å². The van der Waals surface area contributed by atoms with E-state index in [9.17, 15) is 0 Å². The van der Waals surface area contributed by atoms with E-state index in [0.29, 0.717) is 0 Å². The van der Waals surface area contributed by atoms with Crippen LogP contribution in [0, 0.1) is 17.4 Å². The third-order valence-electron chi connectivity index (χ3n) is 6.04. The summed E-state index contributed by atoms with van der Waals surface area (Å²) in [4.78, 5) is 2.53. The number of nitrogens with one attached hydrogen (secondary N) is 1. The molecule has 0 bridgehead atoms. The maximum absolute atomic E-state index is 6.36. The van der Waals surface area contributed by atoms with Crippen molar-refractivity contribution in [2.45, 2.75) is 59.3 Å². The Morgan fingerprint density at radius 3 is 2.20 bits per heavy atom. The van der Waals surface area contributed by atoms with Crippen LogP contribution in [0.15, 0.2) is 6.07 Å². The third kappa shape index (κ3) is 3.79. The first-order chi connectivity index (χ1) is 11.6. The van der Waals surface area contributed by atoms with Gasteiger partial charge in [0.2, 0.25) is 0 Å². The van der Waals surface area contributed by atoms with E-state index in [2.05, 4.69) is 80.4 Å². The van der Waals surface area contributed by atoms with Crippen LogP contribution in [0.25, 0.3) is 0 Å². The Bertz CT molecular complexity index is 641. The van der Waals surface area contributed by atoms with Crippen LogP contribution in [0.1, 0.15) is 44.4 Å². The second kappa shape index (κ2) is 7.11. The van der Waals surface area contributed by atoms with E-state index in [0.717, 1.165) is 32.7 Å². The van der Waals surface area contributed by atoms with E-state index in [-0.39, 0.29) is 18.3 Å². The summed E-state index contributed by atoms with van der Waals surface area (Å²) in [7, 11) is -0.290. The van der Waals surface area contributed by atoms with Crippen LogP contribution in [0.4, 0.5) is 0 Å². The molecule has 4 nitrogen and oxygen atoms in total. The van der Waals surface area contributed by atoms with Crippen molar-refractivity contribution in [3.05, 3.63) is 26.3 Å². The summed E-state index contributed by atoms with van der Waals surface area (Å²) in [6, 6.07) is 2.34. The minimum atomic E-state index is -0.309. The number of benzene rings is 1. The van der Waals surface area contributed by atoms with Gasteiger partial charge in [-0.15, -0.1) is 0 Å². The third-order valence-corrected chi connectivity index (χ3v) is 7.16. The maximum atomic E-state index is 6.36. The highest BCUT2D eigenvalue weighted by Gasteiger charge is 2.52. The Labute approximate surface area is 166 Å². The van der Waals surface area contributed by atoms with Crippen LogP contribution in [0.2, 0.25) is 0 Å². The highest BCUT2D eigenvalue weighted by molar-refractivity contribution is 14.1. The molecule has 3 rings (SSSR count). The molecule has 25 heavy (non-hydrogen) atoms. The summed E-state index contributed by atoms with van der Waals surface area (Å²) in [5, 5.41) is 3.43. The van der Waals surface area contributed by atoms with Crippen LogP contribution >= 0.6 is 22.6 Å². The maximum Gasteiger partial charge on any atom is 0.495 e. The molecule has 2 fully saturated rings. The van der Waals surface area contributed by atoms with E-state index in [1.54, 1.807) is 0 Å². The van der Waals surface area contributed by atoms with Gasteiger partial charge in [-0.25, -0.2) is 0 Å². The van der Waals surface area contributed by atoms with Gasteiger partial charge in [-0.05, 0) is 92.4 Å². The summed E-state index contributed by atoms with van der Waals surface area (Å²) < 4.78 is 14.0. The molecule has 1 aromatic carbocycles. The average Bonchev–Trinajstić information content (AvgIpc) is 2.74. The summed E-state index contributed by atoms with van der Waals surface area (Å²) >= 11 is 2.45. The van der Waals surface area contributed by atoms with Crippen LogP contribution in [-0.2, 0) is 15.9 Å². The molecular formula is C19H30BIN2O2. The molecule has 0 saturated carbocycles. The number of hydrogen-bond donors (Lipinski definition) is 1. The lowest BCUT2D eigenvalue weighted by Gasteiger charge is -2.32. The molecule has 0 aromatic heterocycles. The quantitative estimate of drug-likeness (QED) is 0.561. The standard InChI is InChI=1S/C19H30BIN2O2/c1-13-15(12-23-9-7-22-8-10-23)11-16(21)14(2)17(13)20-24-18(3,4)19(5,6)25-20/h11,22H,7-10,12H2,1-6H3. The second-order valence-corrected chi connectivity index (χ2v) is 9.46. The fourth-order valence-electron chi connectivity index (χ4n) is 3.54. The van der Waals surface area contributed by atoms with Crippen LogP contribution in [0.5, 0.6) is 0 Å². The van der Waals surface area contributed by atoms with Crippen molar-refractivity contribution in [1.82, 2.24) is 10.2 Å². The SMILES string of the molecule is Cc1c(I)cc(CN2CCNCC2)c(C)c1B1OC(C)(C)C(C)(C)O1. The lowest BCUT2D eigenvalue weighted by atomic mass is 9.72. The fraction of sp³-hybridized carbons (Fsp3) is 0.684. The molecule has 2 saturated heterocycles. The minimum Gasteiger partial charge on any atom is -0.399 e. The Morgan fingerprint density at radius 1 is 1.08 bits per heavy atom. The predicted molar refractivity (Wildman–Crippen MR) is 112 cm³/mol. The van der Waals surface area contributed by atoms with Crippen molar-refractivity contribution < 1.29 is 9.31 Å². The molecule has 0 unspecified atom stereocenters. The zero-order chi connectivity index (χ0) is 18.4. The van der Waals surface area contributed by atoms with Gasteiger partial charge in [-0.1, -0.05) is 0 Å². The summed E-state index contributed by atoms with van der Waals surface area (Å²) in [5.41, 5.74) is 4.58. The smallest absolute Gasteiger partial charge is 0.399 e. The van der Waals surface area contributed by atoms with Crippen LogP contribution in [-0.4, -0.2) is 49.4 Å². The number of rotatable bonds is 3. The zero-order valence-corrected chi connectivity index (χ0v) is 18.5. The summed E-state index contributed by atoms with van der Waals surface area (Å²) in [6.07, 6.45) is 0. The van der Waals surface area contributed by atoms with Crippen molar-refractivity contribution >= 4 is 35.2 Å². The van der Waals surface area contributed by atoms with Gasteiger partial charge in [-0.3, -0.25) is 4.90 Å². The molecule has 2 aliphatic heterocycles.